The number of azo groups is 1. The van der Waals surface area contributed by atoms with E-state index in [-0.39, 0.29) is 0 Å². The molecule has 76 valence electrons. The summed E-state index contributed by atoms with van der Waals surface area (Å²) in [5.41, 5.74) is 3.29. The fraction of sp³-hybridized carbons (Fsp3) is 0.200. The summed E-state index contributed by atoms with van der Waals surface area (Å²) >= 11 is 0. The molecule has 0 spiro atoms. The van der Waals surface area contributed by atoms with Crippen LogP contribution in [0, 0.1) is 13.8 Å². The van der Waals surface area contributed by atoms with E-state index in [0.29, 0.717) is 0 Å². The van der Waals surface area contributed by atoms with Crippen molar-refractivity contribution in [1.29, 1.82) is 0 Å². The molecule has 0 unspecified atom stereocenters. The first-order valence-corrected chi connectivity index (χ1v) is 4.60. The Balaban J connectivity index is 2.26. The molecule has 15 heavy (non-hydrogen) atoms. The van der Waals surface area contributed by atoms with Crippen LogP contribution in [0.25, 0.3) is 0 Å². The van der Waals surface area contributed by atoms with Crippen molar-refractivity contribution in [2.45, 2.75) is 13.8 Å². The molecule has 0 fully saturated rings. The van der Waals surface area contributed by atoms with Gasteiger partial charge in [-0.25, -0.2) is 0 Å². The van der Waals surface area contributed by atoms with Gasteiger partial charge in [0.25, 0.3) is 0 Å². The molecule has 0 amide bonds. The number of nitrogens with zero attached hydrogens (tertiary/aromatic N) is 4. The van der Waals surface area contributed by atoms with E-state index in [4.69, 9.17) is 0 Å². The third-order valence-electron chi connectivity index (χ3n) is 2.00. The van der Waals surface area contributed by atoms with E-state index in [1.54, 1.807) is 12.4 Å². The molecule has 0 atom stereocenters. The SMILES string of the molecule is Cc1n[nH]c(C)c1N=Nc1cccnc1. The molecule has 0 aliphatic heterocycles. The van der Waals surface area contributed by atoms with Gasteiger partial charge in [-0.1, -0.05) is 0 Å². The van der Waals surface area contributed by atoms with Crippen LogP contribution in [-0.2, 0) is 0 Å². The molecule has 5 heteroatoms. The molecule has 1 N–H and O–H groups in total. The molecule has 2 rings (SSSR count). The summed E-state index contributed by atoms with van der Waals surface area (Å²) in [5, 5.41) is 15.1. The lowest BCUT2D eigenvalue weighted by Gasteiger charge is -1.91. The highest BCUT2D eigenvalue weighted by Gasteiger charge is 2.03. The molecule has 2 aromatic heterocycles. The number of aromatic amines is 1. The highest BCUT2D eigenvalue weighted by molar-refractivity contribution is 5.45. The van der Waals surface area contributed by atoms with Gasteiger partial charge >= 0.3 is 0 Å². The van der Waals surface area contributed by atoms with Gasteiger partial charge in [0.05, 0.1) is 17.6 Å². The zero-order valence-electron chi connectivity index (χ0n) is 8.60. The summed E-state index contributed by atoms with van der Waals surface area (Å²) in [5.74, 6) is 0. The van der Waals surface area contributed by atoms with Gasteiger partial charge in [-0.3, -0.25) is 10.1 Å². The fourth-order valence-electron chi connectivity index (χ4n) is 1.21. The van der Waals surface area contributed by atoms with Crippen LogP contribution in [0.3, 0.4) is 0 Å². The van der Waals surface area contributed by atoms with Gasteiger partial charge < -0.3 is 0 Å². The van der Waals surface area contributed by atoms with Crippen molar-refractivity contribution >= 4 is 11.4 Å². The Morgan fingerprint density at radius 3 is 2.73 bits per heavy atom. The van der Waals surface area contributed by atoms with Crippen LogP contribution in [0.15, 0.2) is 34.8 Å². The van der Waals surface area contributed by atoms with Crippen LogP contribution in [0.2, 0.25) is 0 Å². The Hall–Kier alpha value is -2.04. The quantitative estimate of drug-likeness (QED) is 0.759. The van der Waals surface area contributed by atoms with E-state index in [9.17, 15) is 0 Å². The number of rotatable bonds is 2. The third-order valence-corrected chi connectivity index (χ3v) is 2.00. The first-order chi connectivity index (χ1) is 7.27. The van der Waals surface area contributed by atoms with Crippen molar-refractivity contribution in [1.82, 2.24) is 15.2 Å². The van der Waals surface area contributed by atoms with Crippen LogP contribution in [0.4, 0.5) is 11.4 Å². The van der Waals surface area contributed by atoms with Gasteiger partial charge in [0.15, 0.2) is 0 Å². The summed E-state index contributed by atoms with van der Waals surface area (Å²) in [7, 11) is 0. The second-order valence-electron chi connectivity index (χ2n) is 3.19. The maximum absolute atomic E-state index is 4.13. The average Bonchev–Trinajstić information content (AvgIpc) is 2.58. The van der Waals surface area contributed by atoms with Gasteiger partial charge in [0.2, 0.25) is 0 Å². The van der Waals surface area contributed by atoms with Crippen molar-refractivity contribution in [3.63, 3.8) is 0 Å². The van der Waals surface area contributed by atoms with E-state index in [0.717, 1.165) is 22.8 Å². The second kappa shape index (κ2) is 4.00. The number of aryl methyl sites for hydroxylation is 2. The van der Waals surface area contributed by atoms with Gasteiger partial charge in [-0.2, -0.15) is 5.10 Å². The molecule has 0 saturated carbocycles. The van der Waals surface area contributed by atoms with Crippen LogP contribution < -0.4 is 0 Å². The van der Waals surface area contributed by atoms with Crippen molar-refractivity contribution in [3.8, 4) is 0 Å². The Morgan fingerprint density at radius 1 is 1.27 bits per heavy atom. The number of hydrogen-bond donors (Lipinski definition) is 1. The normalized spacial score (nSPS) is 11.1. The second-order valence-corrected chi connectivity index (χ2v) is 3.19. The van der Waals surface area contributed by atoms with Gasteiger partial charge in [0.1, 0.15) is 11.4 Å². The summed E-state index contributed by atoms with van der Waals surface area (Å²) in [6.07, 6.45) is 3.36. The van der Waals surface area contributed by atoms with Crippen LogP contribution in [0.5, 0.6) is 0 Å². The lowest BCUT2D eigenvalue weighted by Crippen LogP contribution is -1.70. The third kappa shape index (κ3) is 2.07. The van der Waals surface area contributed by atoms with Crippen LogP contribution in [0.1, 0.15) is 11.4 Å². The van der Waals surface area contributed by atoms with Crippen molar-refractivity contribution in [2.24, 2.45) is 10.2 Å². The maximum atomic E-state index is 4.13. The fourth-order valence-corrected chi connectivity index (χ4v) is 1.21. The largest absolute Gasteiger partial charge is 0.280 e. The Morgan fingerprint density at radius 2 is 2.13 bits per heavy atom. The van der Waals surface area contributed by atoms with Crippen LogP contribution in [-0.4, -0.2) is 15.2 Å². The van der Waals surface area contributed by atoms with Crippen molar-refractivity contribution in [3.05, 3.63) is 35.9 Å². The first-order valence-electron chi connectivity index (χ1n) is 4.60. The number of nitrogens with one attached hydrogen (secondary N) is 1. The van der Waals surface area contributed by atoms with Gasteiger partial charge in [0, 0.05) is 6.20 Å². The Labute approximate surface area is 87.3 Å². The van der Waals surface area contributed by atoms with Crippen LogP contribution >= 0.6 is 0 Å². The lowest BCUT2D eigenvalue weighted by molar-refractivity contribution is 1.02. The van der Waals surface area contributed by atoms with E-state index < -0.39 is 0 Å². The minimum Gasteiger partial charge on any atom is -0.280 e. The summed E-state index contributed by atoms with van der Waals surface area (Å²) < 4.78 is 0. The van der Waals surface area contributed by atoms with Crippen molar-refractivity contribution < 1.29 is 0 Å². The number of pyridine rings is 1. The first kappa shape index (κ1) is 9.51. The highest BCUT2D eigenvalue weighted by atomic mass is 15.2. The minimum absolute atomic E-state index is 0.734. The Kier molecular flexibility index (Phi) is 2.53. The van der Waals surface area contributed by atoms with E-state index in [1.807, 2.05) is 26.0 Å². The minimum atomic E-state index is 0.734. The maximum Gasteiger partial charge on any atom is 0.129 e. The van der Waals surface area contributed by atoms with Crippen molar-refractivity contribution in [2.75, 3.05) is 0 Å². The molecule has 0 aliphatic rings. The summed E-state index contributed by atoms with van der Waals surface area (Å²) in [6, 6.07) is 3.67. The number of aromatic nitrogens is 3. The standard InChI is InChI=1S/C10H11N5/c1-7-10(8(2)13-12-7)15-14-9-4-3-5-11-6-9/h3-6H,1-2H3,(H,12,13). The zero-order chi connectivity index (χ0) is 10.7. The van der Waals surface area contributed by atoms with Gasteiger partial charge in [-0.05, 0) is 26.0 Å². The molecular formula is C10H11N5. The highest BCUT2D eigenvalue weighted by Crippen LogP contribution is 2.22. The summed E-state index contributed by atoms with van der Waals surface area (Å²) in [4.78, 5) is 3.95. The molecule has 0 radical (unpaired) electrons. The van der Waals surface area contributed by atoms with E-state index in [1.165, 1.54) is 0 Å². The smallest absolute Gasteiger partial charge is 0.129 e. The summed E-state index contributed by atoms with van der Waals surface area (Å²) in [6.45, 7) is 3.80. The molecule has 5 nitrogen and oxygen atoms in total. The molecular weight excluding hydrogens is 190 g/mol. The molecule has 0 bridgehead atoms. The number of hydrogen-bond acceptors (Lipinski definition) is 4. The number of H-pyrrole nitrogens is 1. The molecule has 2 heterocycles. The van der Waals surface area contributed by atoms with E-state index in [2.05, 4.69) is 25.4 Å². The predicted octanol–water partition coefficient (Wildman–Crippen LogP) is 2.84. The molecule has 0 saturated heterocycles. The Bertz CT molecular complexity index is 452. The molecule has 0 aromatic carbocycles. The molecule has 0 aliphatic carbocycles. The monoisotopic (exact) mass is 201 g/mol. The lowest BCUT2D eigenvalue weighted by atomic mass is 10.3. The topological polar surface area (TPSA) is 66.3 Å². The van der Waals surface area contributed by atoms with Gasteiger partial charge in [-0.15, -0.1) is 10.2 Å². The molecule has 2 aromatic rings. The zero-order valence-corrected chi connectivity index (χ0v) is 8.60. The van der Waals surface area contributed by atoms with E-state index >= 15 is 0 Å². The average molecular weight is 201 g/mol. The predicted molar refractivity (Wildman–Crippen MR) is 56.5 cm³/mol.